The zero-order valence-corrected chi connectivity index (χ0v) is 16.1. The lowest BCUT2D eigenvalue weighted by Crippen LogP contribution is -2.32. The van der Waals surface area contributed by atoms with Gasteiger partial charge < -0.3 is 19.7 Å². The van der Waals surface area contributed by atoms with Gasteiger partial charge in [0.05, 0.1) is 0 Å². The number of rotatable bonds is 2. The van der Waals surface area contributed by atoms with Gasteiger partial charge in [-0.2, -0.15) is 0 Å². The summed E-state index contributed by atoms with van der Waals surface area (Å²) in [4.78, 5) is 14.5. The second kappa shape index (κ2) is 6.80. The van der Waals surface area contributed by atoms with E-state index in [1.807, 2.05) is 29.2 Å². The molecule has 5 nitrogen and oxygen atoms in total. The molecule has 0 bridgehead atoms. The third-order valence-electron chi connectivity index (χ3n) is 5.35. The Labute approximate surface area is 160 Å². The van der Waals surface area contributed by atoms with Crippen LogP contribution in [-0.2, 0) is 5.41 Å². The van der Waals surface area contributed by atoms with Crippen LogP contribution in [0.15, 0.2) is 42.5 Å². The van der Waals surface area contributed by atoms with Gasteiger partial charge in [-0.3, -0.25) is 0 Å². The number of urea groups is 1. The maximum atomic E-state index is 12.6. The summed E-state index contributed by atoms with van der Waals surface area (Å²) in [6, 6.07) is 14.1. The van der Waals surface area contributed by atoms with Crippen LogP contribution in [0.25, 0.3) is 0 Å². The minimum absolute atomic E-state index is 0.0400. The van der Waals surface area contributed by atoms with E-state index in [4.69, 9.17) is 9.47 Å². The van der Waals surface area contributed by atoms with Crippen molar-refractivity contribution in [3.63, 3.8) is 0 Å². The molecule has 5 heteroatoms. The van der Waals surface area contributed by atoms with Gasteiger partial charge in [0.15, 0.2) is 11.5 Å². The lowest BCUT2D eigenvalue weighted by atomic mass is 9.87. The van der Waals surface area contributed by atoms with Crippen LogP contribution < -0.4 is 14.8 Å². The SMILES string of the molecule is CC(C)(C)c1ccc(NC(=O)N2CCC(c3ccc4c(c3)OCO4)C2)cc1. The molecule has 2 aromatic carbocycles. The van der Waals surface area contributed by atoms with E-state index >= 15 is 0 Å². The predicted molar refractivity (Wildman–Crippen MR) is 106 cm³/mol. The fraction of sp³-hybridized carbons (Fsp3) is 0.409. The summed E-state index contributed by atoms with van der Waals surface area (Å²) in [7, 11) is 0. The summed E-state index contributed by atoms with van der Waals surface area (Å²) in [5.41, 5.74) is 3.39. The normalized spacial score (nSPS) is 18.6. The Bertz CT molecular complexity index is 840. The van der Waals surface area contributed by atoms with Crippen molar-refractivity contribution in [1.29, 1.82) is 0 Å². The first-order chi connectivity index (χ1) is 12.9. The van der Waals surface area contributed by atoms with Crippen molar-refractivity contribution in [3.05, 3.63) is 53.6 Å². The van der Waals surface area contributed by atoms with Gasteiger partial charge >= 0.3 is 6.03 Å². The van der Waals surface area contributed by atoms with E-state index in [2.05, 4.69) is 44.3 Å². The van der Waals surface area contributed by atoms with Crippen molar-refractivity contribution in [2.45, 2.75) is 38.5 Å². The third kappa shape index (κ3) is 3.72. The fourth-order valence-electron chi connectivity index (χ4n) is 3.64. The number of amides is 2. The molecule has 1 saturated heterocycles. The molecule has 0 spiro atoms. The topological polar surface area (TPSA) is 50.8 Å². The van der Waals surface area contributed by atoms with Crippen LogP contribution in [0.3, 0.4) is 0 Å². The van der Waals surface area contributed by atoms with Crippen LogP contribution in [0, 0.1) is 0 Å². The van der Waals surface area contributed by atoms with Gasteiger partial charge in [-0.1, -0.05) is 39.0 Å². The van der Waals surface area contributed by atoms with Crippen LogP contribution in [0.4, 0.5) is 10.5 Å². The van der Waals surface area contributed by atoms with Gasteiger partial charge in [0, 0.05) is 24.7 Å². The first-order valence-electron chi connectivity index (χ1n) is 9.46. The van der Waals surface area contributed by atoms with Gasteiger partial charge in [-0.15, -0.1) is 0 Å². The maximum absolute atomic E-state index is 12.6. The first kappa shape index (κ1) is 17.7. The van der Waals surface area contributed by atoms with E-state index in [1.54, 1.807) is 0 Å². The number of nitrogens with zero attached hydrogens (tertiary/aromatic N) is 1. The molecule has 2 amide bonds. The Morgan fingerprint density at radius 3 is 2.56 bits per heavy atom. The average molecular weight is 366 g/mol. The molecular formula is C22H26N2O3. The lowest BCUT2D eigenvalue weighted by Gasteiger charge is -2.20. The molecule has 1 unspecified atom stereocenters. The molecule has 2 heterocycles. The van der Waals surface area contributed by atoms with Crippen LogP contribution in [0.5, 0.6) is 11.5 Å². The number of hydrogen-bond donors (Lipinski definition) is 1. The van der Waals surface area contributed by atoms with Gasteiger partial charge in [0.2, 0.25) is 6.79 Å². The number of anilines is 1. The lowest BCUT2D eigenvalue weighted by molar-refractivity contribution is 0.174. The molecule has 27 heavy (non-hydrogen) atoms. The first-order valence-corrected chi connectivity index (χ1v) is 9.46. The van der Waals surface area contributed by atoms with Crippen LogP contribution in [0.1, 0.15) is 44.2 Å². The monoisotopic (exact) mass is 366 g/mol. The van der Waals surface area contributed by atoms with Gasteiger partial charge in [-0.25, -0.2) is 4.79 Å². The number of likely N-dealkylation sites (tertiary alicyclic amines) is 1. The molecule has 2 aromatic rings. The molecule has 0 radical (unpaired) electrons. The van der Waals surface area contributed by atoms with Crippen molar-refractivity contribution in [2.24, 2.45) is 0 Å². The van der Waals surface area contributed by atoms with Gasteiger partial charge in [0.25, 0.3) is 0 Å². The van der Waals surface area contributed by atoms with E-state index in [0.717, 1.165) is 30.2 Å². The maximum Gasteiger partial charge on any atom is 0.321 e. The zero-order valence-electron chi connectivity index (χ0n) is 16.1. The standard InChI is InChI=1S/C22H26N2O3/c1-22(2,3)17-5-7-18(8-6-17)23-21(25)24-11-10-16(13-24)15-4-9-19-20(12-15)27-14-26-19/h4-9,12,16H,10-11,13-14H2,1-3H3,(H,23,25). The number of carbonyl (C=O) groups is 1. The van der Waals surface area contributed by atoms with E-state index in [1.165, 1.54) is 11.1 Å². The largest absolute Gasteiger partial charge is 0.454 e. The Morgan fingerprint density at radius 1 is 1.07 bits per heavy atom. The van der Waals surface area contributed by atoms with E-state index in [-0.39, 0.29) is 18.2 Å². The van der Waals surface area contributed by atoms with Crippen LogP contribution >= 0.6 is 0 Å². The third-order valence-corrected chi connectivity index (χ3v) is 5.35. The summed E-state index contributed by atoms with van der Waals surface area (Å²) in [5, 5.41) is 3.02. The Morgan fingerprint density at radius 2 is 1.81 bits per heavy atom. The smallest absolute Gasteiger partial charge is 0.321 e. The number of benzene rings is 2. The minimum atomic E-state index is -0.0400. The molecule has 1 atom stereocenters. The van der Waals surface area contributed by atoms with E-state index in [0.29, 0.717) is 12.5 Å². The molecule has 0 aromatic heterocycles. The molecular weight excluding hydrogens is 340 g/mol. The minimum Gasteiger partial charge on any atom is -0.454 e. The molecule has 1 fully saturated rings. The number of hydrogen-bond acceptors (Lipinski definition) is 3. The van der Waals surface area contributed by atoms with Crippen molar-refractivity contribution in [3.8, 4) is 11.5 Å². The highest BCUT2D eigenvalue weighted by molar-refractivity contribution is 5.89. The molecule has 0 aliphatic carbocycles. The highest BCUT2D eigenvalue weighted by Crippen LogP contribution is 2.37. The summed E-state index contributed by atoms with van der Waals surface area (Å²) in [6.45, 7) is 8.30. The Hall–Kier alpha value is -2.69. The van der Waals surface area contributed by atoms with E-state index < -0.39 is 0 Å². The zero-order chi connectivity index (χ0) is 19.0. The molecule has 2 aliphatic rings. The van der Waals surface area contributed by atoms with Crippen molar-refractivity contribution < 1.29 is 14.3 Å². The quantitative estimate of drug-likeness (QED) is 0.836. The molecule has 0 saturated carbocycles. The second-order valence-electron chi connectivity index (χ2n) is 8.30. The predicted octanol–water partition coefficient (Wildman–Crippen LogP) is 4.73. The number of fused-ring (bicyclic) bond motifs is 1. The molecule has 1 N–H and O–H groups in total. The Balaban J connectivity index is 1.38. The Kier molecular flexibility index (Phi) is 4.46. The average Bonchev–Trinajstić information content (AvgIpc) is 3.30. The fourth-order valence-corrected chi connectivity index (χ4v) is 3.64. The van der Waals surface area contributed by atoms with Gasteiger partial charge in [0.1, 0.15) is 0 Å². The highest BCUT2D eigenvalue weighted by atomic mass is 16.7. The highest BCUT2D eigenvalue weighted by Gasteiger charge is 2.28. The summed E-state index contributed by atoms with van der Waals surface area (Å²) >= 11 is 0. The van der Waals surface area contributed by atoms with Crippen molar-refractivity contribution in [2.75, 3.05) is 25.2 Å². The number of nitrogens with one attached hydrogen (secondary N) is 1. The molecule has 4 rings (SSSR count). The van der Waals surface area contributed by atoms with Crippen molar-refractivity contribution >= 4 is 11.7 Å². The molecule has 2 aliphatic heterocycles. The van der Waals surface area contributed by atoms with E-state index in [9.17, 15) is 4.79 Å². The summed E-state index contributed by atoms with van der Waals surface area (Å²) < 4.78 is 10.8. The summed E-state index contributed by atoms with van der Waals surface area (Å²) in [5.74, 6) is 1.92. The molecule has 142 valence electrons. The number of carbonyl (C=O) groups excluding carboxylic acids is 1. The second-order valence-corrected chi connectivity index (χ2v) is 8.30. The van der Waals surface area contributed by atoms with Gasteiger partial charge in [-0.05, 0) is 47.2 Å². The summed E-state index contributed by atoms with van der Waals surface area (Å²) in [6.07, 6.45) is 0.954. The van der Waals surface area contributed by atoms with Crippen molar-refractivity contribution in [1.82, 2.24) is 4.90 Å². The van der Waals surface area contributed by atoms with Crippen LogP contribution in [-0.4, -0.2) is 30.8 Å². The number of ether oxygens (including phenoxy) is 2. The van der Waals surface area contributed by atoms with Crippen LogP contribution in [0.2, 0.25) is 0 Å².